The van der Waals surface area contributed by atoms with Crippen LogP contribution in [0.4, 0.5) is 5.69 Å². The third kappa shape index (κ3) is 2.08. The van der Waals surface area contributed by atoms with Gasteiger partial charge in [0.25, 0.3) is 11.4 Å². The van der Waals surface area contributed by atoms with Gasteiger partial charge in [-0.05, 0) is 12.1 Å². The van der Waals surface area contributed by atoms with E-state index < -0.39 is 4.92 Å². The van der Waals surface area contributed by atoms with Gasteiger partial charge < -0.3 is 0 Å². The van der Waals surface area contributed by atoms with Crippen LogP contribution in [-0.4, -0.2) is 26.4 Å². The molecule has 0 amide bonds. The Labute approximate surface area is 141 Å². The van der Waals surface area contributed by atoms with E-state index in [0.717, 1.165) is 0 Å². The van der Waals surface area contributed by atoms with Crippen LogP contribution in [0.1, 0.15) is 32.1 Å². The van der Waals surface area contributed by atoms with Crippen LogP contribution in [0.3, 0.4) is 0 Å². The number of nitro benzene ring substituents is 1. The van der Waals surface area contributed by atoms with Crippen molar-refractivity contribution < 1.29 is 19.2 Å². The molecule has 8 heteroatoms. The van der Waals surface area contributed by atoms with Crippen molar-refractivity contribution in [2.45, 2.75) is 0 Å². The van der Waals surface area contributed by atoms with Gasteiger partial charge in [-0.1, -0.05) is 28.9 Å². The van der Waals surface area contributed by atoms with Crippen molar-refractivity contribution in [2.75, 3.05) is 0 Å². The highest BCUT2D eigenvalue weighted by molar-refractivity contribution is 6.26. The summed E-state index contributed by atoms with van der Waals surface area (Å²) >= 11 is 0. The Kier molecular flexibility index (Phi) is 3.08. The van der Waals surface area contributed by atoms with Crippen molar-refractivity contribution >= 4 is 17.3 Å². The summed E-state index contributed by atoms with van der Waals surface area (Å²) in [6.07, 6.45) is 0. The summed E-state index contributed by atoms with van der Waals surface area (Å²) in [5.41, 5.74) is 1.41. The maximum atomic E-state index is 12.9. The first-order chi connectivity index (χ1) is 12.0. The molecule has 25 heavy (non-hydrogen) atoms. The second kappa shape index (κ2) is 5.17. The summed E-state index contributed by atoms with van der Waals surface area (Å²) in [6, 6.07) is 12.2. The number of non-ortho nitro benzene ring substituents is 1. The molecule has 1 aliphatic carbocycles. The minimum Gasteiger partial charge on any atom is -0.284 e. The summed E-state index contributed by atoms with van der Waals surface area (Å²) in [4.78, 5) is 35.9. The van der Waals surface area contributed by atoms with Crippen LogP contribution in [-0.2, 0) is 7.05 Å². The molecule has 1 aliphatic rings. The Bertz CT molecular complexity index is 1070. The highest BCUT2D eigenvalue weighted by atomic mass is 16.6. The first kappa shape index (κ1) is 14.9. The van der Waals surface area contributed by atoms with Crippen LogP contribution >= 0.6 is 0 Å². The molecule has 1 heterocycles. The molecule has 1 aromatic heterocycles. The highest BCUT2D eigenvalue weighted by Crippen LogP contribution is 2.27. The molecular weight excluding hydrogens is 324 g/mol. The highest BCUT2D eigenvalue weighted by Gasteiger charge is 2.42. The van der Waals surface area contributed by atoms with Crippen molar-refractivity contribution in [1.82, 2.24) is 9.90 Å². The molecule has 0 aliphatic heterocycles. The number of rotatable bonds is 2. The normalized spacial score (nSPS) is 12.7. The summed E-state index contributed by atoms with van der Waals surface area (Å²) in [5, 5.41) is 15.0. The van der Waals surface area contributed by atoms with Gasteiger partial charge in [0.2, 0.25) is 17.3 Å². The Hall–Kier alpha value is -3.68. The molecule has 4 rings (SSSR count). The first-order valence-electron chi connectivity index (χ1n) is 7.41. The zero-order valence-electron chi connectivity index (χ0n) is 13.0. The number of aromatic nitrogens is 3. The van der Waals surface area contributed by atoms with Gasteiger partial charge in [0, 0.05) is 23.3 Å². The fourth-order valence-corrected chi connectivity index (χ4v) is 2.97. The molecule has 2 aromatic carbocycles. The lowest BCUT2D eigenvalue weighted by Gasteiger charge is -2.10. The number of carbonyl (C=O) groups excluding carboxylic acids is 2. The van der Waals surface area contributed by atoms with Gasteiger partial charge >= 0.3 is 0 Å². The van der Waals surface area contributed by atoms with Crippen molar-refractivity contribution in [3.63, 3.8) is 0 Å². The minimum absolute atomic E-state index is 0.0677. The molecule has 0 N–H and O–H groups in total. The quantitative estimate of drug-likeness (QED) is 0.313. The van der Waals surface area contributed by atoms with E-state index in [1.807, 2.05) is 0 Å². The molecule has 0 atom stereocenters. The standard InChI is InChI=1S/C17H11N4O4/c1-19-14-15(17(23)13-5-3-2-4-12(13)16(14)22)20(18-19)10-6-8-11(9-7-10)21(24)25/h2-9H,1H3/q+1. The SMILES string of the molecule is C[n+]1nn(-c2ccc([N+](=O)[O-])cc2)c2c1C(=O)c1ccccc1C2=O. The lowest BCUT2D eigenvalue weighted by molar-refractivity contribution is -0.733. The number of hydrogen-bond acceptors (Lipinski definition) is 5. The lowest BCUT2D eigenvalue weighted by atomic mass is 9.90. The van der Waals surface area contributed by atoms with E-state index in [1.54, 1.807) is 31.3 Å². The van der Waals surface area contributed by atoms with Gasteiger partial charge in [0.15, 0.2) is 5.69 Å². The van der Waals surface area contributed by atoms with E-state index in [1.165, 1.54) is 33.6 Å². The van der Waals surface area contributed by atoms with Gasteiger partial charge in [-0.25, -0.2) is 0 Å². The van der Waals surface area contributed by atoms with Crippen LogP contribution in [0.25, 0.3) is 5.69 Å². The molecule has 0 fully saturated rings. The average Bonchev–Trinajstić information content (AvgIpc) is 2.97. The van der Waals surface area contributed by atoms with E-state index in [9.17, 15) is 19.7 Å². The zero-order chi connectivity index (χ0) is 17.7. The van der Waals surface area contributed by atoms with Crippen LogP contribution in [0.5, 0.6) is 0 Å². The first-order valence-corrected chi connectivity index (χ1v) is 7.41. The summed E-state index contributed by atoms with van der Waals surface area (Å²) in [7, 11) is 1.58. The molecule has 8 nitrogen and oxygen atoms in total. The Balaban J connectivity index is 1.92. The van der Waals surface area contributed by atoms with Crippen LogP contribution in [0.2, 0.25) is 0 Å². The van der Waals surface area contributed by atoms with Gasteiger partial charge in [-0.3, -0.25) is 19.7 Å². The lowest BCUT2D eigenvalue weighted by Crippen LogP contribution is -2.39. The third-order valence-corrected chi connectivity index (χ3v) is 4.13. The topological polar surface area (TPSA) is 99.0 Å². The zero-order valence-corrected chi connectivity index (χ0v) is 13.0. The number of benzene rings is 2. The number of ketones is 2. The number of nitro groups is 1. The Morgan fingerprint density at radius 2 is 1.60 bits per heavy atom. The fourth-order valence-electron chi connectivity index (χ4n) is 2.97. The number of carbonyl (C=O) groups is 2. The van der Waals surface area contributed by atoms with E-state index in [4.69, 9.17) is 0 Å². The molecule has 0 saturated heterocycles. The minimum atomic E-state index is -0.507. The van der Waals surface area contributed by atoms with Crippen LogP contribution in [0.15, 0.2) is 48.5 Å². The maximum Gasteiger partial charge on any atom is 0.269 e. The van der Waals surface area contributed by atoms with Crippen molar-refractivity contribution in [1.29, 1.82) is 0 Å². The van der Waals surface area contributed by atoms with Crippen molar-refractivity contribution in [3.05, 3.63) is 81.2 Å². The molecule has 3 aromatic rings. The molecule has 0 radical (unpaired) electrons. The average molecular weight is 335 g/mol. The third-order valence-electron chi connectivity index (χ3n) is 4.13. The smallest absolute Gasteiger partial charge is 0.269 e. The summed E-state index contributed by atoms with van der Waals surface area (Å²) in [6.45, 7) is 0. The number of aryl methyl sites for hydroxylation is 1. The van der Waals surface area contributed by atoms with E-state index in [-0.39, 0.29) is 28.6 Å². The van der Waals surface area contributed by atoms with Gasteiger partial charge in [0.05, 0.1) is 10.1 Å². The van der Waals surface area contributed by atoms with Gasteiger partial charge in [-0.2, -0.15) is 0 Å². The molecule has 0 bridgehead atoms. The summed E-state index contributed by atoms with van der Waals surface area (Å²) in [5.74, 6) is -0.586. The number of hydrogen-bond donors (Lipinski definition) is 0. The van der Waals surface area contributed by atoms with Crippen LogP contribution in [0, 0.1) is 10.1 Å². The Morgan fingerprint density at radius 3 is 2.20 bits per heavy atom. The molecule has 122 valence electrons. The maximum absolute atomic E-state index is 12.9. The van der Waals surface area contributed by atoms with E-state index >= 15 is 0 Å². The molecule has 0 spiro atoms. The van der Waals surface area contributed by atoms with Gasteiger partial charge in [-0.15, -0.1) is 4.68 Å². The molecule has 0 unspecified atom stereocenters. The summed E-state index contributed by atoms with van der Waals surface area (Å²) < 4.78 is 2.70. The monoisotopic (exact) mass is 335 g/mol. The fraction of sp³-hybridized carbons (Fsp3) is 0.0588. The predicted molar refractivity (Wildman–Crippen MR) is 84.7 cm³/mol. The van der Waals surface area contributed by atoms with Gasteiger partial charge in [0.1, 0.15) is 7.05 Å². The predicted octanol–water partition coefficient (Wildman–Crippen LogP) is 1.38. The molecule has 0 saturated carbocycles. The van der Waals surface area contributed by atoms with E-state index in [0.29, 0.717) is 16.8 Å². The van der Waals surface area contributed by atoms with Crippen molar-refractivity contribution in [3.8, 4) is 5.69 Å². The largest absolute Gasteiger partial charge is 0.284 e. The Morgan fingerprint density at radius 1 is 1.00 bits per heavy atom. The molecular formula is C17H11N4O4+. The number of nitrogens with zero attached hydrogens (tertiary/aromatic N) is 4. The second-order valence-electron chi connectivity index (χ2n) is 5.60. The number of fused-ring (bicyclic) bond motifs is 2. The van der Waals surface area contributed by atoms with Crippen molar-refractivity contribution in [2.24, 2.45) is 7.05 Å². The van der Waals surface area contributed by atoms with E-state index in [2.05, 4.69) is 5.21 Å². The second-order valence-corrected chi connectivity index (χ2v) is 5.60. The van der Waals surface area contributed by atoms with Crippen LogP contribution < -0.4 is 4.68 Å².